The van der Waals surface area contributed by atoms with Crippen LogP contribution >= 0.6 is 27.5 Å². The predicted octanol–water partition coefficient (Wildman–Crippen LogP) is 4.66. The van der Waals surface area contributed by atoms with E-state index in [-0.39, 0.29) is 11.8 Å². The lowest BCUT2D eigenvalue weighted by Crippen LogP contribution is -2.41. The smallest absolute Gasteiger partial charge is 0.229 e. The first-order chi connectivity index (χ1) is 11.5. The standard InChI is InChI=1S/C18H19BrClN3O/c1-12-6-7-16(14(19)10-12)22-18(24)13-4-3-9-23(11-13)17-15(20)5-2-8-21-17/h2,5-8,10,13H,3-4,9,11H2,1H3,(H,22,24)/t13-/m1/s1. The van der Waals surface area contributed by atoms with Gasteiger partial charge in [0.05, 0.1) is 16.6 Å². The number of nitrogens with one attached hydrogen (secondary N) is 1. The lowest BCUT2D eigenvalue weighted by molar-refractivity contribution is -0.120. The third kappa shape index (κ3) is 3.90. The van der Waals surface area contributed by atoms with Crippen molar-refractivity contribution in [2.75, 3.05) is 23.3 Å². The fourth-order valence-corrected chi connectivity index (χ4v) is 3.78. The molecule has 1 amide bonds. The summed E-state index contributed by atoms with van der Waals surface area (Å²) in [6.45, 7) is 3.52. The van der Waals surface area contributed by atoms with Gasteiger partial charge in [0.1, 0.15) is 5.82 Å². The SMILES string of the molecule is Cc1ccc(NC(=O)[C@@H]2CCCN(c3ncccc3Cl)C2)c(Br)c1. The highest BCUT2D eigenvalue weighted by molar-refractivity contribution is 9.10. The average Bonchev–Trinajstić information content (AvgIpc) is 2.58. The zero-order valence-corrected chi connectivity index (χ0v) is 15.8. The summed E-state index contributed by atoms with van der Waals surface area (Å²) in [4.78, 5) is 19.1. The van der Waals surface area contributed by atoms with E-state index in [1.54, 1.807) is 6.20 Å². The fourth-order valence-electron chi connectivity index (χ4n) is 2.95. The summed E-state index contributed by atoms with van der Waals surface area (Å²) in [5.41, 5.74) is 1.95. The maximum Gasteiger partial charge on any atom is 0.229 e. The van der Waals surface area contributed by atoms with E-state index in [0.29, 0.717) is 11.6 Å². The van der Waals surface area contributed by atoms with E-state index < -0.39 is 0 Å². The van der Waals surface area contributed by atoms with E-state index in [4.69, 9.17) is 11.6 Å². The third-order valence-electron chi connectivity index (χ3n) is 4.21. The molecule has 1 aliphatic heterocycles. The molecule has 1 aromatic heterocycles. The molecule has 0 unspecified atom stereocenters. The quantitative estimate of drug-likeness (QED) is 0.803. The van der Waals surface area contributed by atoms with E-state index in [0.717, 1.165) is 40.9 Å². The molecule has 0 aliphatic carbocycles. The first kappa shape index (κ1) is 17.2. The summed E-state index contributed by atoms with van der Waals surface area (Å²) in [5.74, 6) is 0.717. The van der Waals surface area contributed by atoms with Gasteiger partial charge in [-0.25, -0.2) is 4.98 Å². The van der Waals surface area contributed by atoms with E-state index in [2.05, 4.69) is 31.1 Å². The normalized spacial score (nSPS) is 17.6. The number of carbonyl (C=O) groups excluding carboxylic acids is 1. The van der Waals surface area contributed by atoms with Crippen molar-refractivity contribution in [1.29, 1.82) is 0 Å². The van der Waals surface area contributed by atoms with Crippen LogP contribution in [0.4, 0.5) is 11.5 Å². The molecule has 4 nitrogen and oxygen atoms in total. The Bertz CT molecular complexity index is 753. The molecule has 1 saturated heterocycles. The maximum absolute atomic E-state index is 12.7. The summed E-state index contributed by atoms with van der Waals surface area (Å²) < 4.78 is 0.899. The minimum absolute atomic E-state index is 0.0382. The second-order valence-corrected chi connectivity index (χ2v) is 7.33. The van der Waals surface area contributed by atoms with Gasteiger partial charge >= 0.3 is 0 Å². The largest absolute Gasteiger partial charge is 0.355 e. The number of anilines is 2. The summed E-state index contributed by atoms with van der Waals surface area (Å²) in [6.07, 6.45) is 3.55. The minimum Gasteiger partial charge on any atom is -0.355 e. The van der Waals surface area contributed by atoms with Crippen LogP contribution in [0.2, 0.25) is 5.02 Å². The van der Waals surface area contributed by atoms with Crippen molar-refractivity contribution >= 4 is 44.9 Å². The Hall–Kier alpha value is -1.59. The topological polar surface area (TPSA) is 45.2 Å². The molecule has 126 valence electrons. The maximum atomic E-state index is 12.7. The number of aryl methyl sites for hydroxylation is 1. The van der Waals surface area contributed by atoms with Gasteiger partial charge in [-0.15, -0.1) is 0 Å². The summed E-state index contributed by atoms with van der Waals surface area (Å²) in [7, 11) is 0. The van der Waals surface area contributed by atoms with Crippen LogP contribution in [0.1, 0.15) is 18.4 Å². The summed E-state index contributed by atoms with van der Waals surface area (Å²) in [5, 5.41) is 3.65. The Labute approximate surface area is 155 Å². The van der Waals surface area contributed by atoms with Crippen LogP contribution in [-0.4, -0.2) is 24.0 Å². The monoisotopic (exact) mass is 407 g/mol. The van der Waals surface area contributed by atoms with Gasteiger partial charge in [0, 0.05) is 23.8 Å². The number of carbonyl (C=O) groups is 1. The van der Waals surface area contributed by atoms with Crippen LogP contribution in [0.25, 0.3) is 0 Å². The minimum atomic E-state index is -0.0787. The molecule has 2 heterocycles. The van der Waals surface area contributed by atoms with E-state index in [1.807, 2.05) is 37.3 Å². The number of amides is 1. The number of hydrogen-bond donors (Lipinski definition) is 1. The van der Waals surface area contributed by atoms with Gasteiger partial charge in [-0.3, -0.25) is 4.79 Å². The predicted molar refractivity (Wildman–Crippen MR) is 102 cm³/mol. The Morgan fingerprint density at radius 3 is 3.00 bits per heavy atom. The van der Waals surface area contributed by atoms with E-state index >= 15 is 0 Å². The second kappa shape index (κ2) is 7.53. The van der Waals surface area contributed by atoms with Crippen LogP contribution in [-0.2, 0) is 4.79 Å². The van der Waals surface area contributed by atoms with Crippen LogP contribution in [0.15, 0.2) is 41.0 Å². The number of aromatic nitrogens is 1. The van der Waals surface area contributed by atoms with Gasteiger partial charge in [-0.1, -0.05) is 17.7 Å². The molecule has 2 aromatic rings. The van der Waals surface area contributed by atoms with Crippen LogP contribution in [0, 0.1) is 12.8 Å². The van der Waals surface area contributed by atoms with Crippen molar-refractivity contribution in [3.8, 4) is 0 Å². The van der Waals surface area contributed by atoms with Crippen LogP contribution in [0.5, 0.6) is 0 Å². The zero-order valence-electron chi connectivity index (χ0n) is 13.4. The van der Waals surface area contributed by atoms with Crippen molar-refractivity contribution in [2.45, 2.75) is 19.8 Å². The number of pyridine rings is 1. The molecule has 1 aromatic carbocycles. The fraction of sp³-hybridized carbons (Fsp3) is 0.333. The molecule has 0 saturated carbocycles. The molecule has 0 radical (unpaired) electrons. The molecule has 1 aliphatic rings. The summed E-state index contributed by atoms with van der Waals surface area (Å²) in [6, 6.07) is 9.55. The zero-order chi connectivity index (χ0) is 17.1. The van der Waals surface area contributed by atoms with Crippen molar-refractivity contribution < 1.29 is 4.79 Å². The molecule has 0 spiro atoms. The van der Waals surface area contributed by atoms with Gasteiger partial charge in [-0.2, -0.15) is 0 Å². The van der Waals surface area contributed by atoms with Crippen molar-refractivity contribution in [2.24, 2.45) is 5.92 Å². The molecule has 1 atom stereocenters. The molecule has 0 bridgehead atoms. The Morgan fingerprint density at radius 1 is 1.42 bits per heavy atom. The van der Waals surface area contributed by atoms with Crippen molar-refractivity contribution in [3.05, 3.63) is 51.6 Å². The highest BCUT2D eigenvalue weighted by Crippen LogP contribution is 2.29. The Balaban J connectivity index is 1.70. The summed E-state index contributed by atoms with van der Waals surface area (Å²) >= 11 is 9.74. The molecular formula is C18H19BrClN3O. The van der Waals surface area contributed by atoms with Crippen molar-refractivity contribution in [3.63, 3.8) is 0 Å². The van der Waals surface area contributed by atoms with E-state index in [9.17, 15) is 4.79 Å². The number of benzene rings is 1. The Kier molecular flexibility index (Phi) is 5.41. The molecular weight excluding hydrogens is 390 g/mol. The molecule has 1 N–H and O–H groups in total. The van der Waals surface area contributed by atoms with Crippen LogP contribution < -0.4 is 10.2 Å². The van der Waals surface area contributed by atoms with Gasteiger partial charge < -0.3 is 10.2 Å². The second-order valence-electron chi connectivity index (χ2n) is 6.07. The number of halogens is 2. The third-order valence-corrected chi connectivity index (χ3v) is 5.16. The number of piperidine rings is 1. The van der Waals surface area contributed by atoms with E-state index in [1.165, 1.54) is 0 Å². The number of rotatable bonds is 3. The molecule has 3 rings (SSSR count). The van der Waals surface area contributed by atoms with Gasteiger partial charge in [0.25, 0.3) is 0 Å². The average molecular weight is 409 g/mol. The highest BCUT2D eigenvalue weighted by atomic mass is 79.9. The first-order valence-corrected chi connectivity index (χ1v) is 9.14. The lowest BCUT2D eigenvalue weighted by Gasteiger charge is -2.33. The van der Waals surface area contributed by atoms with Crippen molar-refractivity contribution in [1.82, 2.24) is 4.98 Å². The molecule has 6 heteroatoms. The first-order valence-electron chi connectivity index (χ1n) is 7.97. The van der Waals surface area contributed by atoms with Crippen LogP contribution in [0.3, 0.4) is 0 Å². The number of hydrogen-bond acceptors (Lipinski definition) is 3. The molecule has 1 fully saturated rings. The van der Waals surface area contributed by atoms with Gasteiger partial charge in [0.2, 0.25) is 5.91 Å². The van der Waals surface area contributed by atoms with Gasteiger partial charge in [-0.05, 0) is 65.5 Å². The Morgan fingerprint density at radius 2 is 2.25 bits per heavy atom. The number of nitrogens with zero attached hydrogens (tertiary/aromatic N) is 2. The van der Waals surface area contributed by atoms with Gasteiger partial charge in [0.15, 0.2) is 0 Å². The lowest BCUT2D eigenvalue weighted by atomic mass is 9.97. The molecule has 24 heavy (non-hydrogen) atoms. The highest BCUT2D eigenvalue weighted by Gasteiger charge is 2.27.